The fraction of sp³-hybridized carbons (Fsp3) is 0.500. The molecule has 0 spiro atoms. The Bertz CT molecular complexity index is 1990. The van der Waals surface area contributed by atoms with Gasteiger partial charge in [-0.1, -0.05) is 56.0 Å². The SMILES string of the molecule is Cc1cccc(F)c1CN1C[C@H](c2ccc(N3CCN(C(=O)CCCCCCCCc4ccc5c(c4)C(=O)N(C4CCC(=O)NC4=O)C5=O)CC3)cc2)[C@@H](N(C)C)C1. The Morgan fingerprint density at radius 3 is 2.24 bits per heavy atom. The number of fused-ring (bicyclic) bond motifs is 1. The van der Waals surface area contributed by atoms with Crippen LogP contribution in [0.5, 0.6) is 0 Å². The van der Waals surface area contributed by atoms with Gasteiger partial charge < -0.3 is 14.7 Å². The van der Waals surface area contributed by atoms with Crippen LogP contribution in [-0.2, 0) is 27.3 Å². The third-order valence-corrected chi connectivity index (χ3v) is 12.7. The molecule has 1 unspecified atom stereocenters. The minimum absolute atomic E-state index is 0.0987. The fourth-order valence-electron chi connectivity index (χ4n) is 9.23. The summed E-state index contributed by atoms with van der Waals surface area (Å²) < 4.78 is 14.6. The van der Waals surface area contributed by atoms with Crippen LogP contribution < -0.4 is 10.2 Å². The number of nitrogens with one attached hydrogen (secondary N) is 1. The van der Waals surface area contributed by atoms with E-state index in [9.17, 15) is 28.4 Å². The first-order valence-corrected chi connectivity index (χ1v) is 21.1. The van der Waals surface area contributed by atoms with Crippen LogP contribution in [0, 0.1) is 12.7 Å². The largest absolute Gasteiger partial charge is 0.368 e. The van der Waals surface area contributed by atoms with Gasteiger partial charge in [-0.15, -0.1) is 0 Å². The maximum Gasteiger partial charge on any atom is 0.262 e. The van der Waals surface area contributed by atoms with Gasteiger partial charge in [0.05, 0.1) is 11.1 Å². The molecule has 0 aliphatic carbocycles. The fourth-order valence-corrected chi connectivity index (χ4v) is 9.23. The number of halogens is 1. The van der Waals surface area contributed by atoms with Crippen molar-refractivity contribution in [1.29, 1.82) is 0 Å². The van der Waals surface area contributed by atoms with Crippen LogP contribution in [0.2, 0.25) is 0 Å². The summed E-state index contributed by atoms with van der Waals surface area (Å²) in [5.74, 6) is -1.50. The molecule has 1 N–H and O–H groups in total. The maximum absolute atomic E-state index is 14.6. The molecule has 4 aliphatic rings. The number of imide groups is 2. The lowest BCUT2D eigenvalue weighted by molar-refractivity contribution is -0.136. The number of likely N-dealkylation sites (tertiary alicyclic amines) is 1. The van der Waals surface area contributed by atoms with E-state index in [0.29, 0.717) is 36.1 Å². The Morgan fingerprint density at radius 2 is 1.53 bits per heavy atom. The van der Waals surface area contributed by atoms with Crippen molar-refractivity contribution in [3.05, 3.63) is 99.9 Å². The topological polar surface area (TPSA) is 114 Å². The molecule has 58 heavy (non-hydrogen) atoms. The number of benzene rings is 3. The van der Waals surface area contributed by atoms with Gasteiger partial charge in [-0.25, -0.2) is 4.39 Å². The number of carbonyl (C=O) groups is 5. The number of nitrogens with zero attached hydrogens (tertiary/aromatic N) is 5. The Balaban J connectivity index is 0.782. The number of anilines is 1. The molecule has 3 aromatic carbocycles. The molecule has 308 valence electrons. The predicted octanol–water partition coefficient (Wildman–Crippen LogP) is 5.69. The molecule has 12 heteroatoms. The number of piperazine rings is 1. The van der Waals surface area contributed by atoms with Crippen molar-refractivity contribution in [2.75, 3.05) is 58.3 Å². The summed E-state index contributed by atoms with van der Waals surface area (Å²) in [5, 5.41) is 2.23. The van der Waals surface area contributed by atoms with Gasteiger partial charge in [0.2, 0.25) is 17.7 Å². The van der Waals surface area contributed by atoms with E-state index < -0.39 is 23.8 Å². The minimum atomic E-state index is -0.956. The van der Waals surface area contributed by atoms with Crippen molar-refractivity contribution < 1.29 is 28.4 Å². The molecule has 0 saturated carbocycles. The standard InChI is InChI=1S/C46H57FN6O5/c1-31-11-10-13-39(47)37(31)28-50-29-38(41(30-50)49(2)3)33-16-18-34(19-17-33)51-23-25-52(26-24-51)43(55)14-9-7-5-4-6-8-12-32-15-20-35-36(27-32)46(58)53(45(35)57)40-21-22-42(54)48-44(40)56/h10-11,13,15-20,27,38,40-41H,4-9,12,14,21-26,28-30H2,1-3H3,(H,48,54,56)/t38-,40?,41+/m1/s1. The summed E-state index contributed by atoms with van der Waals surface area (Å²) in [5.41, 5.74) is 5.89. The van der Waals surface area contributed by atoms with Crippen molar-refractivity contribution in [3.63, 3.8) is 0 Å². The summed E-state index contributed by atoms with van der Waals surface area (Å²) in [7, 11) is 4.26. The van der Waals surface area contributed by atoms with Crippen molar-refractivity contribution in [2.24, 2.45) is 0 Å². The number of piperidine rings is 1. The lowest BCUT2D eigenvalue weighted by Crippen LogP contribution is -2.54. The van der Waals surface area contributed by atoms with Crippen LogP contribution in [0.1, 0.15) is 107 Å². The first-order chi connectivity index (χ1) is 28.0. The zero-order chi connectivity index (χ0) is 40.9. The average Bonchev–Trinajstić information content (AvgIpc) is 3.75. The average molecular weight is 793 g/mol. The monoisotopic (exact) mass is 792 g/mol. The van der Waals surface area contributed by atoms with Crippen molar-refractivity contribution >= 4 is 35.2 Å². The molecule has 4 aliphatic heterocycles. The summed E-state index contributed by atoms with van der Waals surface area (Å²) in [6.45, 7) is 7.48. The van der Waals surface area contributed by atoms with Crippen molar-refractivity contribution in [2.45, 2.75) is 95.7 Å². The highest BCUT2D eigenvalue weighted by Gasteiger charge is 2.44. The van der Waals surface area contributed by atoms with E-state index in [4.69, 9.17) is 0 Å². The highest BCUT2D eigenvalue weighted by molar-refractivity contribution is 6.23. The summed E-state index contributed by atoms with van der Waals surface area (Å²) in [6.07, 6.45) is 7.63. The first-order valence-electron chi connectivity index (χ1n) is 21.1. The Hall–Kier alpha value is -4.94. The van der Waals surface area contributed by atoms with Crippen LogP contribution in [0.3, 0.4) is 0 Å². The lowest BCUT2D eigenvalue weighted by atomic mass is 9.93. The molecule has 7 rings (SSSR count). The van der Waals surface area contributed by atoms with Crippen LogP contribution >= 0.6 is 0 Å². The maximum atomic E-state index is 14.6. The molecule has 3 saturated heterocycles. The second kappa shape index (κ2) is 18.3. The van der Waals surface area contributed by atoms with E-state index in [1.807, 2.05) is 24.0 Å². The molecule has 5 amide bonds. The van der Waals surface area contributed by atoms with Crippen LogP contribution in [0.15, 0.2) is 60.7 Å². The highest BCUT2D eigenvalue weighted by atomic mass is 19.1. The van der Waals surface area contributed by atoms with Crippen molar-refractivity contribution in [1.82, 2.24) is 24.9 Å². The number of amides is 5. The third kappa shape index (κ3) is 9.18. The predicted molar refractivity (Wildman–Crippen MR) is 221 cm³/mol. The molecule has 4 heterocycles. The van der Waals surface area contributed by atoms with Crippen molar-refractivity contribution in [3.8, 4) is 0 Å². The minimum Gasteiger partial charge on any atom is -0.368 e. The number of hydrogen-bond donors (Lipinski definition) is 1. The number of likely N-dealkylation sites (N-methyl/N-ethyl adjacent to an activating group) is 1. The molecule has 0 aromatic heterocycles. The number of rotatable bonds is 15. The second-order valence-electron chi connectivity index (χ2n) is 16.8. The van der Waals surface area contributed by atoms with E-state index in [1.54, 1.807) is 24.3 Å². The van der Waals surface area contributed by atoms with Gasteiger partial charge >= 0.3 is 0 Å². The van der Waals surface area contributed by atoms with Gasteiger partial charge in [0, 0.05) is 81.9 Å². The quantitative estimate of drug-likeness (QED) is 0.155. The second-order valence-corrected chi connectivity index (χ2v) is 16.8. The first kappa shape index (κ1) is 41.2. The van der Waals surface area contributed by atoms with Crippen LogP contribution in [0.25, 0.3) is 0 Å². The van der Waals surface area contributed by atoms with E-state index in [-0.39, 0.29) is 30.5 Å². The van der Waals surface area contributed by atoms with Gasteiger partial charge in [-0.05, 0) is 93.7 Å². The van der Waals surface area contributed by atoms with Gasteiger partial charge in [-0.3, -0.25) is 39.1 Å². The van der Waals surface area contributed by atoms with Gasteiger partial charge in [0.25, 0.3) is 11.8 Å². The molecule has 3 fully saturated rings. The lowest BCUT2D eigenvalue weighted by Gasteiger charge is -2.36. The Kier molecular flexibility index (Phi) is 13.0. The van der Waals surface area contributed by atoms with E-state index in [1.165, 1.54) is 11.3 Å². The summed E-state index contributed by atoms with van der Waals surface area (Å²) in [4.78, 5) is 73.1. The number of carbonyl (C=O) groups excluding carboxylic acids is 5. The molecular formula is C46H57FN6O5. The Labute approximate surface area is 341 Å². The molecule has 3 aromatic rings. The number of hydrogen-bond acceptors (Lipinski definition) is 8. The van der Waals surface area contributed by atoms with E-state index in [0.717, 1.165) is 106 Å². The molecular weight excluding hydrogens is 736 g/mol. The molecule has 0 radical (unpaired) electrons. The molecule has 3 atom stereocenters. The van der Waals surface area contributed by atoms with Gasteiger partial charge in [-0.2, -0.15) is 0 Å². The van der Waals surface area contributed by atoms with Gasteiger partial charge in [0.15, 0.2) is 0 Å². The third-order valence-electron chi connectivity index (χ3n) is 12.7. The highest BCUT2D eigenvalue weighted by Crippen LogP contribution is 2.34. The number of unbranched alkanes of at least 4 members (excludes halogenated alkanes) is 5. The zero-order valence-corrected chi connectivity index (χ0v) is 34.2. The van der Waals surface area contributed by atoms with E-state index in [2.05, 4.69) is 58.4 Å². The Morgan fingerprint density at radius 1 is 0.828 bits per heavy atom. The summed E-state index contributed by atoms with van der Waals surface area (Å²) in [6, 6.07) is 19.0. The van der Waals surface area contributed by atoms with E-state index >= 15 is 0 Å². The molecule has 11 nitrogen and oxygen atoms in total. The van der Waals surface area contributed by atoms with Crippen LogP contribution in [-0.4, -0.2) is 115 Å². The number of aryl methyl sites for hydroxylation is 2. The smallest absolute Gasteiger partial charge is 0.262 e. The zero-order valence-electron chi connectivity index (χ0n) is 34.2. The molecule has 0 bridgehead atoms. The summed E-state index contributed by atoms with van der Waals surface area (Å²) >= 11 is 0. The normalized spacial score (nSPS) is 21.3. The van der Waals surface area contributed by atoms with Crippen LogP contribution in [0.4, 0.5) is 10.1 Å². The van der Waals surface area contributed by atoms with Gasteiger partial charge in [0.1, 0.15) is 11.9 Å².